The van der Waals surface area contributed by atoms with Gasteiger partial charge in [-0.3, -0.25) is 4.79 Å². The van der Waals surface area contributed by atoms with Gasteiger partial charge in [-0.15, -0.1) is 0 Å². The van der Waals surface area contributed by atoms with E-state index in [0.717, 1.165) is 5.69 Å². The van der Waals surface area contributed by atoms with Gasteiger partial charge < -0.3 is 5.32 Å². The van der Waals surface area contributed by atoms with Crippen LogP contribution in [0.3, 0.4) is 0 Å². The Morgan fingerprint density at radius 2 is 2.00 bits per heavy atom. The van der Waals surface area contributed by atoms with Crippen molar-refractivity contribution in [2.75, 3.05) is 5.32 Å². The van der Waals surface area contributed by atoms with Crippen LogP contribution >= 0.6 is 24.2 Å². The fourth-order valence-corrected chi connectivity index (χ4v) is 0.970. The number of halogens is 1. The fraction of sp³-hybridized carbons (Fsp3) is 0.222. The third-order valence-corrected chi connectivity index (χ3v) is 1.98. The second-order valence-electron chi connectivity index (χ2n) is 2.67. The summed E-state index contributed by atoms with van der Waals surface area (Å²) in [4.78, 5) is 11.2. The number of hydrogen-bond donors (Lipinski definition) is 2. The van der Waals surface area contributed by atoms with Gasteiger partial charge in [0.15, 0.2) is 0 Å². The first-order chi connectivity index (χ1) is 6.09. The van der Waals surface area contributed by atoms with Crippen LogP contribution in [0.15, 0.2) is 24.3 Å². The summed E-state index contributed by atoms with van der Waals surface area (Å²) in [5.41, 5.74) is 0.732. The molecule has 1 rings (SSSR count). The quantitative estimate of drug-likeness (QED) is 0.730. The molecule has 0 aliphatic carbocycles. The third kappa shape index (κ3) is 3.28. The van der Waals surface area contributed by atoms with Crippen molar-refractivity contribution in [1.29, 1.82) is 0 Å². The van der Waals surface area contributed by atoms with Crippen LogP contribution in [0.1, 0.15) is 6.92 Å². The fourth-order valence-electron chi connectivity index (χ4n) is 0.780. The van der Waals surface area contributed by atoms with Crippen molar-refractivity contribution in [2.45, 2.75) is 12.2 Å². The standard InChI is InChI=1S/C9H10ClNOS/c1-6(13)9(12)11-8-4-2-7(10)3-5-8/h2-6,13H,1H3,(H,11,12). The Kier molecular flexibility index (Phi) is 3.63. The zero-order valence-corrected chi connectivity index (χ0v) is 8.77. The Hall–Kier alpha value is -0.670. The Labute approximate surface area is 87.7 Å². The Morgan fingerprint density at radius 3 is 2.46 bits per heavy atom. The lowest BCUT2D eigenvalue weighted by atomic mass is 10.3. The number of carbonyl (C=O) groups excluding carboxylic acids is 1. The summed E-state index contributed by atoms with van der Waals surface area (Å²) in [6.45, 7) is 1.72. The normalized spacial score (nSPS) is 12.2. The van der Waals surface area contributed by atoms with Crippen molar-refractivity contribution in [1.82, 2.24) is 0 Å². The van der Waals surface area contributed by atoms with Crippen LogP contribution in [0, 0.1) is 0 Å². The van der Waals surface area contributed by atoms with E-state index >= 15 is 0 Å². The maximum Gasteiger partial charge on any atom is 0.236 e. The van der Waals surface area contributed by atoms with Gasteiger partial charge in [-0.05, 0) is 31.2 Å². The van der Waals surface area contributed by atoms with E-state index in [9.17, 15) is 4.79 Å². The van der Waals surface area contributed by atoms with Gasteiger partial charge in [-0.1, -0.05) is 11.6 Å². The summed E-state index contributed by atoms with van der Waals surface area (Å²) in [5.74, 6) is -0.120. The van der Waals surface area contributed by atoms with Crippen molar-refractivity contribution in [3.63, 3.8) is 0 Å². The molecule has 1 N–H and O–H groups in total. The maximum atomic E-state index is 11.2. The monoisotopic (exact) mass is 215 g/mol. The number of carbonyl (C=O) groups is 1. The third-order valence-electron chi connectivity index (χ3n) is 1.49. The van der Waals surface area contributed by atoms with Gasteiger partial charge in [-0.2, -0.15) is 12.6 Å². The molecule has 1 atom stereocenters. The summed E-state index contributed by atoms with van der Waals surface area (Å²) in [5, 5.41) is 3.03. The molecular weight excluding hydrogens is 206 g/mol. The van der Waals surface area contributed by atoms with Gasteiger partial charge in [0.25, 0.3) is 0 Å². The summed E-state index contributed by atoms with van der Waals surface area (Å²) < 4.78 is 0. The molecule has 0 saturated heterocycles. The van der Waals surface area contributed by atoms with Crippen LogP contribution in [-0.4, -0.2) is 11.2 Å². The van der Waals surface area contributed by atoms with Crippen LogP contribution in [0.5, 0.6) is 0 Å². The number of benzene rings is 1. The van der Waals surface area contributed by atoms with Crippen molar-refractivity contribution in [2.24, 2.45) is 0 Å². The highest BCUT2D eigenvalue weighted by Gasteiger charge is 2.06. The summed E-state index contributed by atoms with van der Waals surface area (Å²) in [7, 11) is 0. The first-order valence-electron chi connectivity index (χ1n) is 3.84. The molecule has 1 aromatic carbocycles. The molecule has 70 valence electrons. The molecule has 1 amide bonds. The number of hydrogen-bond acceptors (Lipinski definition) is 2. The molecule has 0 radical (unpaired) electrons. The van der Waals surface area contributed by atoms with E-state index in [0.29, 0.717) is 5.02 Å². The minimum absolute atomic E-state index is 0.120. The lowest BCUT2D eigenvalue weighted by Crippen LogP contribution is -2.20. The van der Waals surface area contributed by atoms with E-state index in [1.807, 2.05) is 0 Å². The number of anilines is 1. The van der Waals surface area contributed by atoms with E-state index in [2.05, 4.69) is 17.9 Å². The van der Waals surface area contributed by atoms with Gasteiger partial charge in [-0.25, -0.2) is 0 Å². The molecule has 0 aliphatic heterocycles. The van der Waals surface area contributed by atoms with E-state index in [1.165, 1.54) is 0 Å². The SMILES string of the molecule is CC(S)C(=O)Nc1ccc(Cl)cc1. The highest BCUT2D eigenvalue weighted by molar-refractivity contribution is 7.81. The maximum absolute atomic E-state index is 11.2. The van der Waals surface area contributed by atoms with Crippen LogP contribution in [0.4, 0.5) is 5.69 Å². The zero-order valence-electron chi connectivity index (χ0n) is 7.12. The predicted octanol–water partition coefficient (Wildman–Crippen LogP) is 2.60. The number of thiol groups is 1. The summed E-state index contributed by atoms with van der Waals surface area (Å²) in [6.07, 6.45) is 0. The van der Waals surface area contributed by atoms with Gasteiger partial charge >= 0.3 is 0 Å². The van der Waals surface area contributed by atoms with Crippen LogP contribution in [-0.2, 0) is 4.79 Å². The minimum Gasteiger partial charge on any atom is -0.325 e. The van der Waals surface area contributed by atoms with E-state index < -0.39 is 0 Å². The number of amides is 1. The van der Waals surface area contributed by atoms with Crippen molar-refractivity contribution in [3.05, 3.63) is 29.3 Å². The van der Waals surface area contributed by atoms with E-state index in [-0.39, 0.29) is 11.2 Å². The van der Waals surface area contributed by atoms with E-state index in [1.54, 1.807) is 31.2 Å². The number of nitrogens with one attached hydrogen (secondary N) is 1. The van der Waals surface area contributed by atoms with Crippen LogP contribution in [0.2, 0.25) is 5.02 Å². The second-order valence-corrected chi connectivity index (χ2v) is 3.88. The molecule has 0 aliphatic rings. The van der Waals surface area contributed by atoms with Crippen molar-refractivity contribution < 1.29 is 4.79 Å². The molecule has 13 heavy (non-hydrogen) atoms. The Morgan fingerprint density at radius 1 is 1.46 bits per heavy atom. The van der Waals surface area contributed by atoms with Gasteiger partial charge in [0.2, 0.25) is 5.91 Å². The Balaban J connectivity index is 2.65. The molecule has 4 heteroatoms. The topological polar surface area (TPSA) is 29.1 Å². The molecule has 0 saturated carbocycles. The van der Waals surface area contributed by atoms with Gasteiger partial charge in [0, 0.05) is 10.7 Å². The summed E-state index contributed by atoms with van der Waals surface area (Å²) >= 11 is 9.69. The minimum atomic E-state index is -0.310. The van der Waals surface area contributed by atoms with Gasteiger partial charge in [0.1, 0.15) is 0 Å². The van der Waals surface area contributed by atoms with Crippen LogP contribution < -0.4 is 5.32 Å². The molecule has 0 spiro atoms. The lowest BCUT2D eigenvalue weighted by molar-refractivity contribution is -0.115. The molecule has 2 nitrogen and oxygen atoms in total. The molecule has 0 aromatic heterocycles. The largest absolute Gasteiger partial charge is 0.325 e. The average Bonchev–Trinajstić information content (AvgIpc) is 2.08. The summed E-state index contributed by atoms with van der Waals surface area (Å²) in [6, 6.07) is 6.94. The van der Waals surface area contributed by atoms with Crippen LogP contribution in [0.25, 0.3) is 0 Å². The van der Waals surface area contributed by atoms with Crippen molar-refractivity contribution in [3.8, 4) is 0 Å². The molecular formula is C9H10ClNOS. The Bertz CT molecular complexity index is 297. The molecule has 0 fully saturated rings. The number of rotatable bonds is 2. The van der Waals surface area contributed by atoms with Crippen molar-refractivity contribution >= 4 is 35.8 Å². The average molecular weight is 216 g/mol. The highest BCUT2D eigenvalue weighted by atomic mass is 35.5. The highest BCUT2D eigenvalue weighted by Crippen LogP contribution is 2.13. The second kappa shape index (κ2) is 4.53. The smallest absolute Gasteiger partial charge is 0.236 e. The lowest BCUT2D eigenvalue weighted by Gasteiger charge is -2.06. The molecule has 0 bridgehead atoms. The predicted molar refractivity (Wildman–Crippen MR) is 58.5 cm³/mol. The van der Waals surface area contributed by atoms with E-state index in [4.69, 9.17) is 11.6 Å². The van der Waals surface area contributed by atoms with Gasteiger partial charge in [0.05, 0.1) is 5.25 Å². The first kappa shape index (κ1) is 10.4. The first-order valence-corrected chi connectivity index (χ1v) is 4.73. The zero-order chi connectivity index (χ0) is 9.84. The molecule has 1 unspecified atom stereocenters. The molecule has 1 aromatic rings. The molecule has 0 heterocycles.